The van der Waals surface area contributed by atoms with Gasteiger partial charge in [-0.2, -0.15) is 0 Å². The molecule has 1 aromatic rings. The predicted molar refractivity (Wildman–Crippen MR) is 75.3 cm³/mol. The van der Waals surface area contributed by atoms with Crippen LogP contribution < -0.4 is 5.32 Å². The molecule has 1 amide bonds. The van der Waals surface area contributed by atoms with Gasteiger partial charge in [0.2, 0.25) is 5.91 Å². The van der Waals surface area contributed by atoms with Gasteiger partial charge in [-0.1, -0.05) is 25.1 Å². The second-order valence-corrected chi connectivity index (χ2v) is 4.83. The van der Waals surface area contributed by atoms with Gasteiger partial charge in [-0.15, -0.1) is 0 Å². The quantitative estimate of drug-likeness (QED) is 0.839. The number of esters is 1. The maximum atomic E-state index is 11.9. The van der Waals surface area contributed by atoms with Gasteiger partial charge in [0.1, 0.15) is 0 Å². The second-order valence-electron chi connectivity index (χ2n) is 4.83. The first-order valence-corrected chi connectivity index (χ1v) is 6.85. The normalized spacial score (nSPS) is 19.5. The van der Waals surface area contributed by atoms with Crippen LogP contribution in [0.4, 0.5) is 0 Å². The molecule has 5 heteroatoms. The first kappa shape index (κ1) is 14.5. The number of nitrogens with one attached hydrogen (secondary N) is 1. The molecule has 1 unspecified atom stereocenters. The van der Waals surface area contributed by atoms with Gasteiger partial charge in [0.05, 0.1) is 18.7 Å². The number of hydrogen-bond acceptors (Lipinski definition) is 4. The summed E-state index contributed by atoms with van der Waals surface area (Å²) in [4.78, 5) is 25.7. The van der Waals surface area contributed by atoms with E-state index in [1.807, 2.05) is 25.1 Å². The minimum Gasteiger partial charge on any atom is -0.465 e. The molecule has 2 rings (SSSR count). The highest BCUT2D eigenvalue weighted by atomic mass is 16.5. The Morgan fingerprint density at radius 1 is 1.45 bits per heavy atom. The highest BCUT2D eigenvalue weighted by Crippen LogP contribution is 2.17. The number of piperazine rings is 1. The van der Waals surface area contributed by atoms with E-state index in [2.05, 4.69) is 10.2 Å². The maximum Gasteiger partial charge on any atom is 0.338 e. The number of rotatable bonds is 4. The number of carbonyl (C=O) groups is 2. The zero-order valence-electron chi connectivity index (χ0n) is 11.9. The van der Waals surface area contributed by atoms with E-state index in [0.29, 0.717) is 18.7 Å². The smallest absolute Gasteiger partial charge is 0.338 e. The Balaban J connectivity index is 2.20. The minimum atomic E-state index is -0.338. The van der Waals surface area contributed by atoms with E-state index >= 15 is 0 Å². The van der Waals surface area contributed by atoms with Gasteiger partial charge < -0.3 is 10.1 Å². The number of ether oxygens (including phenoxy) is 1. The van der Waals surface area contributed by atoms with Crippen molar-refractivity contribution in [2.45, 2.75) is 25.9 Å². The molecule has 0 aliphatic carbocycles. The fraction of sp³-hybridized carbons (Fsp3) is 0.467. The zero-order chi connectivity index (χ0) is 14.5. The number of hydrogen-bond donors (Lipinski definition) is 1. The average molecular weight is 276 g/mol. The Labute approximate surface area is 118 Å². The van der Waals surface area contributed by atoms with Crippen LogP contribution in [0.2, 0.25) is 0 Å². The van der Waals surface area contributed by atoms with Crippen LogP contribution in [0.25, 0.3) is 0 Å². The fourth-order valence-electron chi connectivity index (χ4n) is 2.58. The lowest BCUT2D eigenvalue weighted by Crippen LogP contribution is -2.54. The van der Waals surface area contributed by atoms with Crippen LogP contribution in [0.1, 0.15) is 29.3 Å². The number of nitrogens with zero attached hydrogens (tertiary/aromatic N) is 1. The van der Waals surface area contributed by atoms with Gasteiger partial charge in [0.15, 0.2) is 0 Å². The highest BCUT2D eigenvalue weighted by molar-refractivity contribution is 5.91. The van der Waals surface area contributed by atoms with Crippen molar-refractivity contribution < 1.29 is 14.3 Å². The molecule has 1 saturated heterocycles. The molecule has 0 spiro atoms. The van der Waals surface area contributed by atoms with E-state index < -0.39 is 0 Å². The highest BCUT2D eigenvalue weighted by Gasteiger charge is 2.28. The zero-order valence-corrected chi connectivity index (χ0v) is 11.9. The monoisotopic (exact) mass is 276 g/mol. The summed E-state index contributed by atoms with van der Waals surface area (Å²) in [5.74, 6) is -0.274. The number of carbonyl (C=O) groups excluding carboxylic acids is 2. The SMILES string of the molecule is CCC1C(=O)NCCN1Cc1ccccc1C(=O)OC. The van der Waals surface area contributed by atoms with Crippen LogP contribution in [0.15, 0.2) is 24.3 Å². The van der Waals surface area contributed by atoms with Gasteiger partial charge >= 0.3 is 5.97 Å². The van der Waals surface area contributed by atoms with Gasteiger partial charge in [0, 0.05) is 19.6 Å². The molecule has 1 aromatic carbocycles. The molecule has 1 aliphatic rings. The summed E-state index contributed by atoms with van der Waals surface area (Å²) in [5, 5.41) is 2.88. The standard InChI is InChI=1S/C15H20N2O3/c1-3-13-14(18)16-8-9-17(13)10-11-6-4-5-7-12(11)15(19)20-2/h4-7,13H,3,8-10H2,1-2H3,(H,16,18). The summed E-state index contributed by atoms with van der Waals surface area (Å²) in [7, 11) is 1.38. The lowest BCUT2D eigenvalue weighted by atomic mass is 10.0. The maximum absolute atomic E-state index is 11.9. The summed E-state index contributed by atoms with van der Waals surface area (Å²) in [6, 6.07) is 7.25. The fourth-order valence-corrected chi connectivity index (χ4v) is 2.58. The largest absolute Gasteiger partial charge is 0.465 e. The van der Waals surface area contributed by atoms with Crippen molar-refractivity contribution in [1.82, 2.24) is 10.2 Å². The Bertz CT molecular complexity index is 502. The molecule has 1 heterocycles. The van der Waals surface area contributed by atoms with Crippen molar-refractivity contribution in [2.75, 3.05) is 20.2 Å². The van der Waals surface area contributed by atoms with Crippen molar-refractivity contribution in [2.24, 2.45) is 0 Å². The summed E-state index contributed by atoms with van der Waals surface area (Å²) >= 11 is 0. The van der Waals surface area contributed by atoms with E-state index in [0.717, 1.165) is 18.5 Å². The van der Waals surface area contributed by atoms with Crippen LogP contribution >= 0.6 is 0 Å². The van der Waals surface area contributed by atoms with Crippen molar-refractivity contribution in [3.05, 3.63) is 35.4 Å². The second kappa shape index (κ2) is 6.52. The first-order valence-electron chi connectivity index (χ1n) is 6.85. The molecule has 1 fully saturated rings. The third-order valence-corrected chi connectivity index (χ3v) is 3.62. The third kappa shape index (κ3) is 2.99. The van der Waals surface area contributed by atoms with Crippen molar-refractivity contribution >= 4 is 11.9 Å². The van der Waals surface area contributed by atoms with Crippen LogP contribution in [-0.4, -0.2) is 43.0 Å². The van der Waals surface area contributed by atoms with E-state index in [9.17, 15) is 9.59 Å². The van der Waals surface area contributed by atoms with E-state index in [4.69, 9.17) is 4.74 Å². The lowest BCUT2D eigenvalue weighted by molar-refractivity contribution is -0.129. The molecular weight excluding hydrogens is 256 g/mol. The molecule has 1 aliphatic heterocycles. The lowest BCUT2D eigenvalue weighted by Gasteiger charge is -2.34. The van der Waals surface area contributed by atoms with Gasteiger partial charge in [-0.05, 0) is 18.1 Å². The average Bonchev–Trinajstić information content (AvgIpc) is 2.47. The Morgan fingerprint density at radius 2 is 2.20 bits per heavy atom. The third-order valence-electron chi connectivity index (χ3n) is 3.62. The molecule has 108 valence electrons. The van der Waals surface area contributed by atoms with E-state index in [-0.39, 0.29) is 17.9 Å². The molecular formula is C15H20N2O3. The summed E-state index contributed by atoms with van der Waals surface area (Å²) < 4.78 is 4.80. The molecule has 5 nitrogen and oxygen atoms in total. The predicted octanol–water partition coefficient (Wildman–Crippen LogP) is 1.18. The van der Waals surface area contributed by atoms with Gasteiger partial charge in [0.25, 0.3) is 0 Å². The number of amides is 1. The van der Waals surface area contributed by atoms with Crippen molar-refractivity contribution in [3.63, 3.8) is 0 Å². The minimum absolute atomic E-state index is 0.0642. The molecule has 0 saturated carbocycles. The van der Waals surface area contributed by atoms with Crippen LogP contribution in [-0.2, 0) is 16.1 Å². The number of benzene rings is 1. The Morgan fingerprint density at radius 3 is 2.90 bits per heavy atom. The van der Waals surface area contributed by atoms with Gasteiger partial charge in [-0.25, -0.2) is 4.79 Å². The summed E-state index contributed by atoms with van der Waals surface area (Å²) in [5.41, 5.74) is 1.46. The molecule has 0 radical (unpaired) electrons. The molecule has 0 bridgehead atoms. The van der Waals surface area contributed by atoms with Crippen LogP contribution in [0.5, 0.6) is 0 Å². The summed E-state index contributed by atoms with van der Waals surface area (Å²) in [6.07, 6.45) is 0.756. The van der Waals surface area contributed by atoms with Crippen LogP contribution in [0, 0.1) is 0 Å². The van der Waals surface area contributed by atoms with Crippen molar-refractivity contribution in [1.29, 1.82) is 0 Å². The van der Waals surface area contributed by atoms with E-state index in [1.54, 1.807) is 6.07 Å². The Kier molecular flexibility index (Phi) is 4.74. The number of methoxy groups -OCH3 is 1. The molecule has 1 N–H and O–H groups in total. The van der Waals surface area contributed by atoms with E-state index in [1.165, 1.54) is 7.11 Å². The topological polar surface area (TPSA) is 58.6 Å². The first-order chi connectivity index (χ1) is 9.67. The summed E-state index contributed by atoms with van der Waals surface area (Å²) in [6.45, 7) is 4.02. The molecule has 20 heavy (non-hydrogen) atoms. The van der Waals surface area contributed by atoms with Crippen molar-refractivity contribution in [3.8, 4) is 0 Å². The molecule has 1 atom stereocenters. The van der Waals surface area contributed by atoms with Crippen LogP contribution in [0.3, 0.4) is 0 Å². The Hall–Kier alpha value is -1.88. The molecule has 0 aromatic heterocycles. The van der Waals surface area contributed by atoms with Gasteiger partial charge in [-0.3, -0.25) is 9.69 Å².